The second-order valence-electron chi connectivity index (χ2n) is 11.8. The second-order valence-corrected chi connectivity index (χ2v) is 11.8. The zero-order chi connectivity index (χ0) is 26.4. The van der Waals surface area contributed by atoms with Crippen LogP contribution in [-0.2, 0) is 23.9 Å². The van der Waals surface area contributed by atoms with Gasteiger partial charge in [0.1, 0.15) is 5.75 Å². The summed E-state index contributed by atoms with van der Waals surface area (Å²) in [7, 11) is 0. The van der Waals surface area contributed by atoms with Gasteiger partial charge in [0.05, 0.1) is 24.0 Å². The van der Waals surface area contributed by atoms with Crippen molar-refractivity contribution < 1.29 is 5.11 Å². The van der Waals surface area contributed by atoms with Crippen molar-refractivity contribution in [1.82, 2.24) is 9.13 Å². The predicted molar refractivity (Wildman–Crippen MR) is 147 cm³/mol. The standard InChI is InChI=1S/C31H37N3O2/c1-20-12-14-21(15-13-20)18-33-26-11-9-8-10-23(26)28(36)34(29(33)32)19-22-16-24(30(2,3)4)27(35)25(17-22)31(5,6)7/h8-17,32,35H,18-19H2,1-7H3. The number of rotatable bonds is 4. The van der Waals surface area contributed by atoms with Crippen LogP contribution in [0, 0.1) is 12.3 Å². The van der Waals surface area contributed by atoms with Crippen molar-refractivity contribution in [3.63, 3.8) is 0 Å². The maximum atomic E-state index is 13.6. The Morgan fingerprint density at radius 3 is 1.86 bits per heavy atom. The van der Waals surface area contributed by atoms with Gasteiger partial charge in [-0.25, -0.2) is 0 Å². The Kier molecular flexibility index (Phi) is 6.46. The van der Waals surface area contributed by atoms with Gasteiger partial charge in [-0.05, 0) is 64.3 Å². The molecule has 5 nitrogen and oxygen atoms in total. The van der Waals surface area contributed by atoms with Crippen LogP contribution in [0.15, 0.2) is 65.5 Å². The number of nitrogens with zero attached hydrogens (tertiary/aromatic N) is 2. The molecule has 0 saturated carbocycles. The van der Waals surface area contributed by atoms with E-state index in [9.17, 15) is 9.90 Å². The summed E-state index contributed by atoms with van der Waals surface area (Å²) in [5.41, 5.74) is 5.02. The van der Waals surface area contributed by atoms with Gasteiger partial charge in [-0.3, -0.25) is 14.8 Å². The van der Waals surface area contributed by atoms with Crippen LogP contribution in [0.1, 0.15) is 69.4 Å². The van der Waals surface area contributed by atoms with Crippen LogP contribution >= 0.6 is 0 Å². The number of phenolic OH excluding ortho intramolecular Hbond substituents is 1. The first-order chi connectivity index (χ1) is 16.8. The van der Waals surface area contributed by atoms with Crippen molar-refractivity contribution in [1.29, 1.82) is 5.41 Å². The SMILES string of the molecule is Cc1ccc(Cn2c(=N)n(Cc3cc(C(C)(C)C)c(O)c(C(C)(C)C)c3)c(=O)c3ccccc32)cc1. The molecule has 4 rings (SSSR count). The summed E-state index contributed by atoms with van der Waals surface area (Å²) in [6.07, 6.45) is 0. The molecule has 4 aromatic rings. The lowest BCUT2D eigenvalue weighted by Gasteiger charge is -2.28. The van der Waals surface area contributed by atoms with Crippen LogP contribution in [0.4, 0.5) is 0 Å². The maximum Gasteiger partial charge on any atom is 0.263 e. The summed E-state index contributed by atoms with van der Waals surface area (Å²) < 4.78 is 3.44. The van der Waals surface area contributed by atoms with Crippen molar-refractivity contribution in [3.05, 3.63) is 104 Å². The first-order valence-electron chi connectivity index (χ1n) is 12.5. The van der Waals surface area contributed by atoms with E-state index in [-0.39, 0.29) is 28.6 Å². The molecule has 0 aliphatic carbocycles. The lowest BCUT2D eigenvalue weighted by molar-refractivity contribution is 0.422. The molecular formula is C31H37N3O2. The molecule has 0 unspecified atom stereocenters. The molecule has 0 spiro atoms. The molecule has 1 heterocycles. The molecule has 0 saturated heterocycles. The number of aromatic hydroxyl groups is 1. The fourth-order valence-electron chi connectivity index (χ4n) is 4.69. The second kappa shape index (κ2) is 9.12. The van der Waals surface area contributed by atoms with Gasteiger partial charge in [0.15, 0.2) is 0 Å². The largest absolute Gasteiger partial charge is 0.507 e. The quantitative estimate of drug-likeness (QED) is 0.374. The highest BCUT2D eigenvalue weighted by Crippen LogP contribution is 2.39. The van der Waals surface area contributed by atoms with Crippen LogP contribution in [0.5, 0.6) is 5.75 Å². The van der Waals surface area contributed by atoms with E-state index in [0.29, 0.717) is 17.7 Å². The third kappa shape index (κ3) is 4.88. The molecule has 0 radical (unpaired) electrons. The number of hydrogen-bond acceptors (Lipinski definition) is 3. The highest BCUT2D eigenvalue weighted by Gasteiger charge is 2.27. The van der Waals surface area contributed by atoms with Crippen molar-refractivity contribution in [2.24, 2.45) is 0 Å². The number of para-hydroxylation sites is 1. The Balaban J connectivity index is 1.93. The van der Waals surface area contributed by atoms with Gasteiger partial charge >= 0.3 is 0 Å². The third-order valence-electron chi connectivity index (χ3n) is 6.77. The van der Waals surface area contributed by atoms with E-state index in [1.54, 1.807) is 4.57 Å². The van der Waals surface area contributed by atoms with E-state index in [1.165, 1.54) is 5.56 Å². The van der Waals surface area contributed by atoms with Crippen molar-refractivity contribution in [2.45, 2.75) is 72.4 Å². The Hall–Kier alpha value is -3.60. The highest BCUT2D eigenvalue weighted by molar-refractivity contribution is 5.77. The monoisotopic (exact) mass is 483 g/mol. The van der Waals surface area contributed by atoms with Gasteiger partial charge in [0, 0.05) is 0 Å². The van der Waals surface area contributed by atoms with E-state index in [4.69, 9.17) is 5.41 Å². The summed E-state index contributed by atoms with van der Waals surface area (Å²) in [6.45, 7) is 15.3. The van der Waals surface area contributed by atoms with Crippen molar-refractivity contribution in [3.8, 4) is 5.75 Å². The Labute approximate surface area is 213 Å². The number of hydrogen-bond donors (Lipinski definition) is 2. The first-order valence-corrected chi connectivity index (χ1v) is 12.5. The summed E-state index contributed by atoms with van der Waals surface area (Å²) >= 11 is 0. The minimum absolute atomic E-state index is 0.155. The molecule has 36 heavy (non-hydrogen) atoms. The average Bonchev–Trinajstić information content (AvgIpc) is 2.80. The van der Waals surface area contributed by atoms with Gasteiger partial charge in [0.25, 0.3) is 5.56 Å². The molecule has 3 aromatic carbocycles. The van der Waals surface area contributed by atoms with Gasteiger partial charge in [-0.15, -0.1) is 0 Å². The van der Waals surface area contributed by atoms with E-state index in [1.807, 2.05) is 41.0 Å². The van der Waals surface area contributed by atoms with Crippen LogP contribution in [0.2, 0.25) is 0 Å². The number of benzene rings is 3. The van der Waals surface area contributed by atoms with Crippen LogP contribution in [0.25, 0.3) is 10.9 Å². The molecule has 0 aliphatic heterocycles. The third-order valence-corrected chi connectivity index (χ3v) is 6.77. The smallest absolute Gasteiger partial charge is 0.263 e. The molecule has 0 aliphatic rings. The van der Waals surface area contributed by atoms with Gasteiger partial charge in [0.2, 0.25) is 5.62 Å². The fourth-order valence-corrected chi connectivity index (χ4v) is 4.69. The maximum absolute atomic E-state index is 13.6. The lowest BCUT2D eigenvalue weighted by atomic mass is 9.78. The van der Waals surface area contributed by atoms with Crippen LogP contribution < -0.4 is 11.2 Å². The van der Waals surface area contributed by atoms with Crippen molar-refractivity contribution >= 4 is 10.9 Å². The molecule has 1 aromatic heterocycles. The zero-order valence-electron chi connectivity index (χ0n) is 22.4. The number of aryl methyl sites for hydroxylation is 1. The average molecular weight is 484 g/mol. The van der Waals surface area contributed by atoms with E-state index in [2.05, 4.69) is 72.7 Å². The molecule has 0 atom stereocenters. The minimum atomic E-state index is -0.274. The summed E-state index contributed by atoms with van der Waals surface area (Å²) in [5.74, 6) is 0.310. The first kappa shape index (κ1) is 25.5. The van der Waals surface area contributed by atoms with E-state index >= 15 is 0 Å². The highest BCUT2D eigenvalue weighted by atomic mass is 16.3. The molecule has 2 N–H and O–H groups in total. The fraction of sp³-hybridized carbons (Fsp3) is 0.355. The van der Waals surface area contributed by atoms with Gasteiger partial charge < -0.3 is 9.67 Å². The molecule has 188 valence electrons. The Morgan fingerprint density at radius 2 is 1.31 bits per heavy atom. The summed E-state index contributed by atoms with van der Waals surface area (Å²) in [4.78, 5) is 13.6. The predicted octanol–water partition coefficient (Wildman–Crippen LogP) is 5.99. The van der Waals surface area contributed by atoms with E-state index < -0.39 is 0 Å². The normalized spacial score (nSPS) is 12.3. The zero-order valence-corrected chi connectivity index (χ0v) is 22.4. The molecule has 0 bridgehead atoms. The van der Waals surface area contributed by atoms with E-state index in [0.717, 1.165) is 27.8 Å². The molecular weight excluding hydrogens is 446 g/mol. The number of phenols is 1. The number of fused-ring (bicyclic) bond motifs is 1. The number of nitrogens with one attached hydrogen (secondary N) is 1. The van der Waals surface area contributed by atoms with Gasteiger partial charge in [-0.1, -0.05) is 83.5 Å². The number of aromatic nitrogens is 2. The Bertz CT molecular complexity index is 1510. The summed E-state index contributed by atoms with van der Waals surface area (Å²) in [6, 6.07) is 19.7. The lowest BCUT2D eigenvalue weighted by Crippen LogP contribution is -2.40. The minimum Gasteiger partial charge on any atom is -0.507 e. The van der Waals surface area contributed by atoms with Crippen LogP contribution in [0.3, 0.4) is 0 Å². The van der Waals surface area contributed by atoms with Crippen LogP contribution in [-0.4, -0.2) is 14.2 Å². The van der Waals surface area contributed by atoms with Crippen molar-refractivity contribution in [2.75, 3.05) is 0 Å². The molecule has 5 heteroatoms. The molecule has 0 amide bonds. The topological polar surface area (TPSA) is 71.0 Å². The Morgan fingerprint density at radius 1 is 0.778 bits per heavy atom. The van der Waals surface area contributed by atoms with Gasteiger partial charge in [-0.2, -0.15) is 0 Å². The molecule has 0 fully saturated rings. The summed E-state index contributed by atoms with van der Waals surface area (Å²) in [5, 5.41) is 20.8.